The monoisotopic (exact) mass is 430 g/mol. The second-order valence-electron chi connectivity index (χ2n) is 7.00. The maximum absolute atomic E-state index is 12.5. The summed E-state index contributed by atoms with van der Waals surface area (Å²) in [6, 6.07) is 5.89. The van der Waals surface area contributed by atoms with Crippen molar-refractivity contribution in [1.82, 2.24) is 25.9 Å². The number of aromatic amines is 1. The number of carboxylic acids is 1. The first-order valence-electron chi connectivity index (χ1n) is 9.63. The Labute approximate surface area is 178 Å². The molecule has 1 aromatic carbocycles. The molecule has 0 spiro atoms. The third-order valence-corrected chi connectivity index (χ3v) is 4.36. The number of aliphatic carboxylic acids is 1. The number of imidazole rings is 1. The smallest absolute Gasteiger partial charge is 0.326 e. The van der Waals surface area contributed by atoms with Gasteiger partial charge in [0.05, 0.1) is 18.9 Å². The lowest BCUT2D eigenvalue weighted by molar-refractivity contribution is -0.141. The molecule has 0 fully saturated rings. The van der Waals surface area contributed by atoms with E-state index >= 15 is 0 Å². The molecule has 0 saturated carbocycles. The average Bonchev–Trinajstić information content (AvgIpc) is 3.24. The van der Waals surface area contributed by atoms with Gasteiger partial charge in [0.25, 0.3) is 0 Å². The van der Waals surface area contributed by atoms with E-state index in [1.807, 2.05) is 0 Å². The first kappa shape index (κ1) is 23.5. The van der Waals surface area contributed by atoms with Gasteiger partial charge in [0.2, 0.25) is 17.7 Å². The number of hydrogen-bond donors (Lipinski definition) is 6. The molecule has 2 rings (SSSR count). The summed E-state index contributed by atoms with van der Waals surface area (Å²) in [5.74, 6) is -3.01. The van der Waals surface area contributed by atoms with Crippen molar-refractivity contribution < 1.29 is 24.3 Å². The Kier molecular flexibility index (Phi) is 8.70. The molecule has 11 heteroatoms. The first-order valence-corrected chi connectivity index (χ1v) is 9.63. The van der Waals surface area contributed by atoms with E-state index in [4.69, 9.17) is 5.73 Å². The number of nitrogens with one attached hydrogen (secondary N) is 4. The van der Waals surface area contributed by atoms with Gasteiger partial charge in [0, 0.05) is 24.7 Å². The SMILES string of the molecule is C[C@H](N)C(=O)N[C@@H](Cc1cnc[nH]1)C(=O)NCC(=O)N[C@@H](Cc1ccccc1)C(=O)O. The van der Waals surface area contributed by atoms with Crippen molar-refractivity contribution in [3.63, 3.8) is 0 Å². The average molecular weight is 430 g/mol. The molecular formula is C20H26N6O5. The molecular weight excluding hydrogens is 404 g/mol. The van der Waals surface area contributed by atoms with Gasteiger partial charge in [-0.1, -0.05) is 30.3 Å². The van der Waals surface area contributed by atoms with Crippen LogP contribution in [0.2, 0.25) is 0 Å². The van der Waals surface area contributed by atoms with Gasteiger partial charge in [-0.2, -0.15) is 0 Å². The maximum Gasteiger partial charge on any atom is 0.326 e. The van der Waals surface area contributed by atoms with E-state index in [2.05, 4.69) is 25.9 Å². The highest BCUT2D eigenvalue weighted by Crippen LogP contribution is 2.04. The van der Waals surface area contributed by atoms with E-state index in [1.165, 1.54) is 19.4 Å². The predicted molar refractivity (Wildman–Crippen MR) is 111 cm³/mol. The molecule has 1 aromatic heterocycles. The molecule has 3 amide bonds. The zero-order valence-corrected chi connectivity index (χ0v) is 17.0. The molecule has 31 heavy (non-hydrogen) atoms. The third kappa shape index (κ3) is 7.90. The van der Waals surface area contributed by atoms with E-state index in [-0.39, 0.29) is 12.8 Å². The van der Waals surface area contributed by atoms with Crippen molar-refractivity contribution in [2.24, 2.45) is 5.73 Å². The standard InChI is InChI=1S/C20H26N6O5/c1-12(21)18(28)26-15(8-14-9-22-11-24-14)19(29)23-10-17(27)25-16(20(30)31)7-13-5-3-2-4-6-13/h2-6,9,11-12,15-16H,7-8,10,21H2,1H3,(H,22,24)(H,23,29)(H,25,27)(H,26,28)(H,30,31)/t12-,15-,16-/m0/s1. The number of amides is 3. The maximum atomic E-state index is 12.5. The van der Waals surface area contributed by atoms with Crippen LogP contribution in [0, 0.1) is 0 Å². The summed E-state index contributed by atoms with van der Waals surface area (Å²) in [5.41, 5.74) is 6.89. The number of nitrogens with zero attached hydrogens (tertiary/aromatic N) is 1. The van der Waals surface area contributed by atoms with Crippen LogP contribution in [0.3, 0.4) is 0 Å². The molecule has 0 bridgehead atoms. The van der Waals surface area contributed by atoms with Crippen LogP contribution in [0.1, 0.15) is 18.2 Å². The van der Waals surface area contributed by atoms with Crippen LogP contribution < -0.4 is 21.7 Å². The molecule has 3 atom stereocenters. The van der Waals surface area contributed by atoms with E-state index < -0.39 is 48.4 Å². The summed E-state index contributed by atoms with van der Waals surface area (Å²) < 4.78 is 0. The molecule has 1 heterocycles. The van der Waals surface area contributed by atoms with Crippen molar-refractivity contribution in [3.05, 3.63) is 54.1 Å². The van der Waals surface area contributed by atoms with Crippen molar-refractivity contribution >= 4 is 23.7 Å². The number of carbonyl (C=O) groups is 4. The van der Waals surface area contributed by atoms with Crippen LogP contribution in [0.15, 0.2) is 42.9 Å². The van der Waals surface area contributed by atoms with Gasteiger partial charge < -0.3 is 31.8 Å². The summed E-state index contributed by atoms with van der Waals surface area (Å²) in [5, 5.41) is 16.7. The van der Waals surface area contributed by atoms with Gasteiger partial charge in [0.1, 0.15) is 12.1 Å². The summed E-state index contributed by atoms with van der Waals surface area (Å²) in [6.07, 6.45) is 3.15. The lowest BCUT2D eigenvalue weighted by Crippen LogP contribution is -2.54. The summed E-state index contributed by atoms with van der Waals surface area (Å²) in [6.45, 7) is 1.03. The Bertz CT molecular complexity index is 885. The van der Waals surface area contributed by atoms with Gasteiger partial charge in [0.15, 0.2) is 0 Å². The molecule has 7 N–H and O–H groups in total. The Morgan fingerprint density at radius 1 is 1.06 bits per heavy atom. The fraction of sp³-hybridized carbons (Fsp3) is 0.350. The van der Waals surface area contributed by atoms with Crippen LogP contribution in [0.5, 0.6) is 0 Å². The highest BCUT2D eigenvalue weighted by Gasteiger charge is 2.25. The molecule has 0 unspecified atom stereocenters. The molecule has 0 radical (unpaired) electrons. The second-order valence-corrected chi connectivity index (χ2v) is 7.00. The number of aromatic nitrogens is 2. The molecule has 2 aromatic rings. The molecule has 0 aliphatic rings. The normalized spacial score (nSPS) is 13.5. The highest BCUT2D eigenvalue weighted by atomic mass is 16.4. The van der Waals surface area contributed by atoms with Gasteiger partial charge in [-0.15, -0.1) is 0 Å². The third-order valence-electron chi connectivity index (χ3n) is 4.36. The van der Waals surface area contributed by atoms with Crippen LogP contribution in [0.4, 0.5) is 0 Å². The number of H-pyrrole nitrogens is 1. The van der Waals surface area contributed by atoms with Crippen molar-refractivity contribution in [2.45, 2.75) is 37.9 Å². The van der Waals surface area contributed by atoms with Crippen molar-refractivity contribution in [2.75, 3.05) is 6.54 Å². The zero-order valence-electron chi connectivity index (χ0n) is 17.0. The Hall–Kier alpha value is -3.73. The fourth-order valence-corrected chi connectivity index (χ4v) is 2.71. The molecule has 0 aliphatic carbocycles. The largest absolute Gasteiger partial charge is 0.480 e. The number of carboxylic acid groups (broad SMARTS) is 1. The van der Waals surface area contributed by atoms with E-state index in [0.717, 1.165) is 5.56 Å². The molecule has 166 valence electrons. The summed E-state index contributed by atoms with van der Waals surface area (Å²) in [7, 11) is 0. The zero-order chi connectivity index (χ0) is 22.8. The van der Waals surface area contributed by atoms with Gasteiger partial charge in [-0.3, -0.25) is 14.4 Å². The number of benzene rings is 1. The van der Waals surface area contributed by atoms with Crippen molar-refractivity contribution in [1.29, 1.82) is 0 Å². The molecule has 0 saturated heterocycles. The quantitative estimate of drug-likeness (QED) is 0.257. The Morgan fingerprint density at radius 2 is 1.77 bits per heavy atom. The van der Waals surface area contributed by atoms with E-state index in [1.54, 1.807) is 30.3 Å². The summed E-state index contributed by atoms with van der Waals surface area (Å²) >= 11 is 0. The van der Waals surface area contributed by atoms with Crippen LogP contribution in [-0.2, 0) is 32.0 Å². The Balaban J connectivity index is 1.93. The van der Waals surface area contributed by atoms with Gasteiger partial charge >= 0.3 is 5.97 Å². The summed E-state index contributed by atoms with van der Waals surface area (Å²) in [4.78, 5) is 54.9. The van der Waals surface area contributed by atoms with E-state index in [0.29, 0.717) is 5.69 Å². The van der Waals surface area contributed by atoms with Crippen LogP contribution >= 0.6 is 0 Å². The number of nitrogens with two attached hydrogens (primary N) is 1. The van der Waals surface area contributed by atoms with E-state index in [9.17, 15) is 24.3 Å². The van der Waals surface area contributed by atoms with Crippen molar-refractivity contribution in [3.8, 4) is 0 Å². The first-order chi connectivity index (χ1) is 14.8. The second kappa shape index (κ2) is 11.5. The lowest BCUT2D eigenvalue weighted by Gasteiger charge is -2.19. The fourth-order valence-electron chi connectivity index (χ4n) is 2.71. The number of carbonyl (C=O) groups excluding carboxylic acids is 3. The minimum absolute atomic E-state index is 0.1000. The van der Waals surface area contributed by atoms with Gasteiger partial charge in [-0.25, -0.2) is 9.78 Å². The number of rotatable bonds is 11. The molecule has 0 aliphatic heterocycles. The number of hydrogen-bond acceptors (Lipinski definition) is 6. The predicted octanol–water partition coefficient (Wildman–Crippen LogP) is -1.29. The lowest BCUT2D eigenvalue weighted by atomic mass is 10.1. The minimum Gasteiger partial charge on any atom is -0.480 e. The highest BCUT2D eigenvalue weighted by molar-refractivity contribution is 5.92. The Morgan fingerprint density at radius 3 is 2.35 bits per heavy atom. The molecule has 11 nitrogen and oxygen atoms in total. The van der Waals surface area contributed by atoms with Crippen LogP contribution in [0.25, 0.3) is 0 Å². The topological polar surface area (TPSA) is 179 Å². The minimum atomic E-state index is -1.19. The van der Waals surface area contributed by atoms with Gasteiger partial charge in [-0.05, 0) is 12.5 Å². The van der Waals surface area contributed by atoms with Crippen LogP contribution in [-0.4, -0.2) is 63.4 Å².